The van der Waals surface area contributed by atoms with Crippen LogP contribution in [-0.4, -0.2) is 48.1 Å². The van der Waals surface area contributed by atoms with Gasteiger partial charge in [0.2, 0.25) is 5.96 Å². The minimum atomic E-state index is -0.887. The lowest BCUT2D eigenvalue weighted by Gasteiger charge is -2.41. The number of benzene rings is 1. The first-order chi connectivity index (χ1) is 9.25. The van der Waals surface area contributed by atoms with Crippen LogP contribution in [0.1, 0.15) is 23.2 Å². The molecule has 0 atom stereocenters. The molecule has 1 N–H and O–H groups in total. The SMILES string of the molecule is O=C(O)c1ccc(N2CCCN3CCCN=C32)cc1. The third-order valence-electron chi connectivity index (χ3n) is 3.60. The van der Waals surface area contributed by atoms with Gasteiger partial charge < -0.3 is 14.9 Å². The number of carbonyl (C=O) groups is 1. The number of anilines is 1. The molecular formula is C14H17N3O2. The van der Waals surface area contributed by atoms with Crippen molar-refractivity contribution in [2.75, 3.05) is 31.1 Å². The lowest BCUT2D eigenvalue weighted by molar-refractivity contribution is 0.0697. The molecule has 1 aromatic rings. The van der Waals surface area contributed by atoms with E-state index in [4.69, 9.17) is 5.11 Å². The summed E-state index contributed by atoms with van der Waals surface area (Å²) < 4.78 is 0. The van der Waals surface area contributed by atoms with Crippen LogP contribution in [0.15, 0.2) is 29.3 Å². The van der Waals surface area contributed by atoms with E-state index in [1.165, 1.54) is 0 Å². The maximum Gasteiger partial charge on any atom is 0.335 e. The number of hydrogen-bond acceptors (Lipinski definition) is 4. The van der Waals surface area contributed by atoms with Gasteiger partial charge in [-0.15, -0.1) is 0 Å². The van der Waals surface area contributed by atoms with Crippen LogP contribution >= 0.6 is 0 Å². The van der Waals surface area contributed by atoms with Crippen LogP contribution in [0.25, 0.3) is 0 Å². The average Bonchev–Trinajstić information content (AvgIpc) is 2.47. The van der Waals surface area contributed by atoms with Gasteiger partial charge in [-0.25, -0.2) is 4.79 Å². The summed E-state index contributed by atoms with van der Waals surface area (Å²) in [6, 6.07) is 7.04. The Labute approximate surface area is 112 Å². The number of fused-ring (bicyclic) bond motifs is 1. The van der Waals surface area contributed by atoms with Crippen molar-refractivity contribution in [3.63, 3.8) is 0 Å². The van der Waals surface area contributed by atoms with Crippen LogP contribution in [0.4, 0.5) is 5.69 Å². The fraction of sp³-hybridized carbons (Fsp3) is 0.429. The zero-order valence-electron chi connectivity index (χ0n) is 10.7. The van der Waals surface area contributed by atoms with Gasteiger partial charge in [0.05, 0.1) is 5.56 Å². The molecule has 2 aliphatic rings. The zero-order chi connectivity index (χ0) is 13.2. The summed E-state index contributed by atoms with van der Waals surface area (Å²) in [7, 11) is 0. The molecule has 5 heteroatoms. The van der Waals surface area contributed by atoms with E-state index in [-0.39, 0.29) is 0 Å². The van der Waals surface area contributed by atoms with Crippen molar-refractivity contribution in [2.24, 2.45) is 4.99 Å². The number of nitrogens with zero attached hydrogens (tertiary/aromatic N) is 3. The van der Waals surface area contributed by atoms with Gasteiger partial charge in [-0.2, -0.15) is 0 Å². The maximum absolute atomic E-state index is 10.9. The summed E-state index contributed by atoms with van der Waals surface area (Å²) in [5.74, 6) is 0.155. The van der Waals surface area contributed by atoms with Crippen LogP contribution in [0.2, 0.25) is 0 Å². The van der Waals surface area contributed by atoms with Crippen LogP contribution in [-0.2, 0) is 0 Å². The summed E-state index contributed by atoms with van der Waals surface area (Å²) in [5, 5.41) is 8.93. The number of guanidine groups is 1. The van der Waals surface area contributed by atoms with Crippen molar-refractivity contribution in [3.05, 3.63) is 29.8 Å². The molecule has 2 heterocycles. The normalized spacial score (nSPS) is 18.8. The van der Waals surface area contributed by atoms with Crippen LogP contribution in [0.5, 0.6) is 0 Å². The molecule has 3 rings (SSSR count). The minimum absolute atomic E-state index is 0.322. The lowest BCUT2D eigenvalue weighted by atomic mass is 10.1. The minimum Gasteiger partial charge on any atom is -0.478 e. The molecule has 100 valence electrons. The number of carboxylic acid groups (broad SMARTS) is 1. The molecule has 5 nitrogen and oxygen atoms in total. The predicted molar refractivity (Wildman–Crippen MR) is 73.9 cm³/mol. The summed E-state index contributed by atoms with van der Waals surface area (Å²) in [4.78, 5) is 20.0. The topological polar surface area (TPSA) is 56.1 Å². The first kappa shape index (κ1) is 12.0. The second kappa shape index (κ2) is 4.91. The fourth-order valence-electron chi connectivity index (χ4n) is 2.66. The van der Waals surface area contributed by atoms with E-state index >= 15 is 0 Å². The van der Waals surface area contributed by atoms with Crippen molar-refractivity contribution >= 4 is 17.6 Å². The van der Waals surface area contributed by atoms with Gasteiger partial charge in [0.1, 0.15) is 0 Å². The average molecular weight is 259 g/mol. The lowest BCUT2D eigenvalue weighted by Crippen LogP contribution is -2.52. The van der Waals surface area contributed by atoms with E-state index in [0.29, 0.717) is 5.56 Å². The summed E-state index contributed by atoms with van der Waals surface area (Å²) in [5.41, 5.74) is 1.35. The fourth-order valence-corrected chi connectivity index (χ4v) is 2.66. The van der Waals surface area contributed by atoms with Gasteiger partial charge in [-0.1, -0.05) is 0 Å². The van der Waals surface area contributed by atoms with Crippen molar-refractivity contribution in [3.8, 4) is 0 Å². The van der Waals surface area contributed by atoms with E-state index in [1.807, 2.05) is 12.1 Å². The Balaban J connectivity index is 1.87. The molecule has 0 bridgehead atoms. The molecule has 19 heavy (non-hydrogen) atoms. The number of hydrogen-bond donors (Lipinski definition) is 1. The highest BCUT2D eigenvalue weighted by Gasteiger charge is 2.26. The molecule has 0 radical (unpaired) electrons. The van der Waals surface area contributed by atoms with Gasteiger partial charge in [0.15, 0.2) is 0 Å². The summed E-state index contributed by atoms with van der Waals surface area (Å²) in [6.07, 6.45) is 2.23. The molecule has 0 saturated carbocycles. The molecule has 1 saturated heterocycles. The number of carboxylic acids is 1. The Morgan fingerprint density at radius 1 is 1.11 bits per heavy atom. The Hall–Kier alpha value is -2.04. The van der Waals surface area contributed by atoms with Crippen molar-refractivity contribution in [1.29, 1.82) is 0 Å². The monoisotopic (exact) mass is 259 g/mol. The largest absolute Gasteiger partial charge is 0.478 e. The Bertz CT molecular complexity index is 510. The van der Waals surface area contributed by atoms with Crippen LogP contribution < -0.4 is 4.90 Å². The number of aliphatic imine (C=N–C) groups is 1. The summed E-state index contributed by atoms with van der Waals surface area (Å²) >= 11 is 0. The van der Waals surface area contributed by atoms with Crippen molar-refractivity contribution < 1.29 is 9.90 Å². The molecule has 0 aliphatic carbocycles. The van der Waals surface area contributed by atoms with Gasteiger partial charge in [0.25, 0.3) is 0 Å². The van der Waals surface area contributed by atoms with Crippen molar-refractivity contribution in [2.45, 2.75) is 12.8 Å². The van der Waals surface area contributed by atoms with E-state index < -0.39 is 5.97 Å². The van der Waals surface area contributed by atoms with E-state index in [0.717, 1.165) is 50.7 Å². The Morgan fingerprint density at radius 3 is 2.58 bits per heavy atom. The highest BCUT2D eigenvalue weighted by atomic mass is 16.4. The van der Waals surface area contributed by atoms with Crippen LogP contribution in [0, 0.1) is 0 Å². The maximum atomic E-state index is 10.9. The quantitative estimate of drug-likeness (QED) is 0.877. The van der Waals surface area contributed by atoms with Crippen molar-refractivity contribution in [1.82, 2.24) is 4.90 Å². The third kappa shape index (κ3) is 2.28. The zero-order valence-corrected chi connectivity index (χ0v) is 10.7. The molecule has 1 fully saturated rings. The smallest absolute Gasteiger partial charge is 0.335 e. The molecule has 0 amide bonds. The molecule has 2 aliphatic heterocycles. The highest BCUT2D eigenvalue weighted by molar-refractivity contribution is 5.97. The van der Waals surface area contributed by atoms with Crippen LogP contribution in [0.3, 0.4) is 0 Å². The Morgan fingerprint density at radius 2 is 1.84 bits per heavy atom. The van der Waals surface area contributed by atoms with Gasteiger partial charge >= 0.3 is 5.97 Å². The first-order valence-electron chi connectivity index (χ1n) is 6.66. The molecule has 0 unspecified atom stereocenters. The van der Waals surface area contributed by atoms with E-state index in [9.17, 15) is 4.79 Å². The first-order valence-corrected chi connectivity index (χ1v) is 6.66. The third-order valence-corrected chi connectivity index (χ3v) is 3.60. The number of aromatic carboxylic acids is 1. The summed E-state index contributed by atoms with van der Waals surface area (Å²) in [6.45, 7) is 3.97. The van der Waals surface area contributed by atoms with Gasteiger partial charge in [-0.3, -0.25) is 4.99 Å². The highest BCUT2D eigenvalue weighted by Crippen LogP contribution is 2.22. The number of rotatable bonds is 2. The van der Waals surface area contributed by atoms with Gasteiger partial charge in [0, 0.05) is 31.9 Å². The standard InChI is InChI=1S/C14H17N3O2/c18-13(19)11-3-5-12(6-4-11)17-10-2-9-16-8-1-7-15-14(16)17/h3-6H,1-2,7-10H2,(H,18,19). The molecule has 0 aromatic heterocycles. The Kier molecular flexibility index (Phi) is 3.11. The second-order valence-corrected chi connectivity index (χ2v) is 4.88. The van der Waals surface area contributed by atoms with E-state index in [2.05, 4.69) is 14.8 Å². The molecule has 0 spiro atoms. The molecular weight excluding hydrogens is 242 g/mol. The van der Waals surface area contributed by atoms with Gasteiger partial charge in [-0.05, 0) is 37.1 Å². The van der Waals surface area contributed by atoms with E-state index in [1.54, 1.807) is 12.1 Å². The predicted octanol–water partition coefficient (Wildman–Crippen LogP) is 1.66. The molecule has 1 aromatic carbocycles. The second-order valence-electron chi connectivity index (χ2n) is 4.88.